The minimum Gasteiger partial charge on any atom is -0.497 e. The molecule has 104 valence electrons. The highest BCUT2D eigenvalue weighted by atomic mass is 79.9. The van der Waals surface area contributed by atoms with Crippen molar-refractivity contribution in [3.63, 3.8) is 0 Å². The van der Waals surface area contributed by atoms with Crippen LogP contribution >= 0.6 is 15.9 Å². The van der Waals surface area contributed by atoms with Crippen LogP contribution in [-0.4, -0.2) is 35.8 Å². The summed E-state index contributed by atoms with van der Waals surface area (Å²) in [5.74, 6) is 1.52. The Morgan fingerprint density at radius 2 is 2.11 bits per heavy atom. The average Bonchev–Trinajstić information content (AvgIpc) is 2.46. The molecule has 2 rings (SSSR count). The maximum absolute atomic E-state index is 12.4. The van der Waals surface area contributed by atoms with E-state index in [1.165, 1.54) is 0 Å². The molecular formula is C15H20BrNO2. The van der Waals surface area contributed by atoms with Crippen molar-refractivity contribution in [1.82, 2.24) is 4.90 Å². The van der Waals surface area contributed by atoms with Crippen LogP contribution in [0, 0.1) is 5.92 Å². The number of alkyl halides is 1. The molecule has 1 atom stereocenters. The summed E-state index contributed by atoms with van der Waals surface area (Å²) in [7, 11) is 1.62. The van der Waals surface area contributed by atoms with Gasteiger partial charge in [0.15, 0.2) is 0 Å². The molecule has 1 amide bonds. The first-order valence-corrected chi connectivity index (χ1v) is 7.60. The van der Waals surface area contributed by atoms with E-state index < -0.39 is 0 Å². The molecule has 0 spiro atoms. The second-order valence-electron chi connectivity index (χ2n) is 5.04. The highest BCUT2D eigenvalue weighted by molar-refractivity contribution is 9.09. The van der Waals surface area contributed by atoms with Crippen molar-refractivity contribution in [2.24, 2.45) is 5.92 Å². The number of carbonyl (C=O) groups excluding carboxylic acids is 1. The molecule has 3 nitrogen and oxygen atoms in total. The van der Waals surface area contributed by atoms with Gasteiger partial charge in [-0.1, -0.05) is 28.9 Å². The van der Waals surface area contributed by atoms with Crippen LogP contribution < -0.4 is 4.74 Å². The van der Waals surface area contributed by atoms with Gasteiger partial charge in [-0.3, -0.25) is 4.79 Å². The lowest BCUT2D eigenvalue weighted by atomic mass is 9.94. The maximum atomic E-state index is 12.4. The monoisotopic (exact) mass is 325 g/mol. The van der Waals surface area contributed by atoms with Crippen molar-refractivity contribution in [3.8, 4) is 5.75 Å². The minimum atomic E-state index is 0.111. The topological polar surface area (TPSA) is 29.5 Å². The van der Waals surface area contributed by atoms with E-state index in [-0.39, 0.29) is 5.91 Å². The number of hydrogen-bond donors (Lipinski definition) is 0. The quantitative estimate of drug-likeness (QED) is 0.798. The fraction of sp³-hybridized carbons (Fsp3) is 0.533. The van der Waals surface area contributed by atoms with E-state index in [9.17, 15) is 4.79 Å². The molecule has 1 aliphatic heterocycles. The third-order valence-electron chi connectivity index (χ3n) is 3.79. The summed E-state index contributed by atoms with van der Waals surface area (Å²) in [4.78, 5) is 14.9. The molecule has 4 heteroatoms. The number of methoxy groups -OCH3 is 1. The van der Waals surface area contributed by atoms with E-state index in [2.05, 4.69) is 22.9 Å². The van der Waals surface area contributed by atoms with Crippen molar-refractivity contribution in [2.75, 3.05) is 20.2 Å². The van der Waals surface area contributed by atoms with E-state index in [1.807, 2.05) is 29.2 Å². The zero-order valence-electron chi connectivity index (χ0n) is 11.4. The molecule has 0 N–H and O–H groups in total. The van der Waals surface area contributed by atoms with E-state index in [0.29, 0.717) is 16.3 Å². The Balaban J connectivity index is 2.01. The summed E-state index contributed by atoms with van der Waals surface area (Å²) in [6.45, 7) is 3.87. The van der Waals surface area contributed by atoms with E-state index in [4.69, 9.17) is 4.74 Å². The molecule has 1 heterocycles. The van der Waals surface area contributed by atoms with Crippen LogP contribution in [0.1, 0.15) is 30.1 Å². The van der Waals surface area contributed by atoms with Crippen LogP contribution in [0.25, 0.3) is 0 Å². The number of piperidine rings is 1. The predicted molar refractivity (Wildman–Crippen MR) is 80.0 cm³/mol. The summed E-state index contributed by atoms with van der Waals surface area (Å²) in [5, 5.41) is 0. The van der Waals surface area contributed by atoms with Gasteiger partial charge in [0.05, 0.1) is 7.11 Å². The number of nitrogens with zero attached hydrogens (tertiary/aromatic N) is 1. The predicted octanol–water partition coefficient (Wildman–Crippen LogP) is 3.33. The van der Waals surface area contributed by atoms with Gasteiger partial charge in [-0.15, -0.1) is 0 Å². The van der Waals surface area contributed by atoms with Gasteiger partial charge in [-0.2, -0.15) is 0 Å². The van der Waals surface area contributed by atoms with Crippen molar-refractivity contribution in [3.05, 3.63) is 29.8 Å². The molecule has 0 radical (unpaired) electrons. The number of likely N-dealkylation sites (tertiary alicyclic amines) is 1. The normalized spacial score (nSPS) is 18.2. The molecule has 0 aliphatic carbocycles. The number of carbonyl (C=O) groups is 1. The summed E-state index contributed by atoms with van der Waals surface area (Å²) >= 11 is 3.64. The van der Waals surface area contributed by atoms with Gasteiger partial charge in [0.25, 0.3) is 5.91 Å². The number of halogens is 1. The largest absolute Gasteiger partial charge is 0.497 e. The molecule has 1 aromatic carbocycles. The van der Waals surface area contributed by atoms with Crippen LogP contribution in [0.2, 0.25) is 0 Å². The van der Waals surface area contributed by atoms with Gasteiger partial charge in [0, 0.05) is 23.5 Å². The maximum Gasteiger partial charge on any atom is 0.253 e. The molecule has 1 aromatic rings. The van der Waals surface area contributed by atoms with Gasteiger partial charge in [-0.05, 0) is 37.0 Å². The lowest BCUT2D eigenvalue weighted by Crippen LogP contribution is -2.39. The Morgan fingerprint density at radius 3 is 2.68 bits per heavy atom. The van der Waals surface area contributed by atoms with Crippen molar-refractivity contribution in [2.45, 2.75) is 24.6 Å². The summed E-state index contributed by atoms with van der Waals surface area (Å²) < 4.78 is 5.16. The Morgan fingerprint density at radius 1 is 1.42 bits per heavy atom. The SMILES string of the molecule is COc1cccc(C(=O)N2CCC(C(C)Br)CC2)c1. The van der Waals surface area contributed by atoms with Gasteiger partial charge in [-0.25, -0.2) is 0 Å². The van der Waals surface area contributed by atoms with Crippen LogP contribution in [0.5, 0.6) is 5.75 Å². The van der Waals surface area contributed by atoms with Crippen LogP contribution in [0.15, 0.2) is 24.3 Å². The van der Waals surface area contributed by atoms with E-state index >= 15 is 0 Å². The highest BCUT2D eigenvalue weighted by Gasteiger charge is 2.25. The molecule has 0 bridgehead atoms. The zero-order valence-corrected chi connectivity index (χ0v) is 13.0. The van der Waals surface area contributed by atoms with Crippen LogP contribution in [0.4, 0.5) is 0 Å². The van der Waals surface area contributed by atoms with Crippen molar-refractivity contribution < 1.29 is 9.53 Å². The summed E-state index contributed by atoms with van der Waals surface area (Å²) in [5.41, 5.74) is 0.713. The molecule has 1 saturated heterocycles. The number of rotatable bonds is 3. The summed E-state index contributed by atoms with van der Waals surface area (Å²) in [6.07, 6.45) is 2.14. The first-order valence-electron chi connectivity index (χ1n) is 6.69. The first kappa shape index (κ1) is 14.4. The van der Waals surface area contributed by atoms with E-state index in [0.717, 1.165) is 31.7 Å². The van der Waals surface area contributed by atoms with Crippen molar-refractivity contribution in [1.29, 1.82) is 0 Å². The number of hydrogen-bond acceptors (Lipinski definition) is 2. The Hall–Kier alpha value is -1.03. The molecule has 1 fully saturated rings. The second-order valence-corrected chi connectivity index (χ2v) is 6.48. The molecule has 19 heavy (non-hydrogen) atoms. The molecule has 1 unspecified atom stereocenters. The molecule has 0 aromatic heterocycles. The van der Waals surface area contributed by atoms with Crippen LogP contribution in [-0.2, 0) is 0 Å². The fourth-order valence-corrected chi connectivity index (χ4v) is 3.03. The van der Waals surface area contributed by atoms with E-state index in [1.54, 1.807) is 7.11 Å². The minimum absolute atomic E-state index is 0.111. The number of ether oxygens (including phenoxy) is 1. The Labute approximate surface area is 123 Å². The Kier molecular flexibility index (Phi) is 4.86. The average molecular weight is 326 g/mol. The third kappa shape index (κ3) is 3.50. The van der Waals surface area contributed by atoms with Gasteiger partial charge in [0.2, 0.25) is 0 Å². The summed E-state index contributed by atoms with van der Waals surface area (Å²) in [6, 6.07) is 7.38. The highest BCUT2D eigenvalue weighted by Crippen LogP contribution is 2.26. The number of amides is 1. The smallest absolute Gasteiger partial charge is 0.253 e. The lowest BCUT2D eigenvalue weighted by molar-refractivity contribution is 0.0691. The fourth-order valence-electron chi connectivity index (χ4n) is 2.50. The first-order chi connectivity index (χ1) is 9.11. The Bertz CT molecular complexity index is 440. The van der Waals surface area contributed by atoms with Gasteiger partial charge >= 0.3 is 0 Å². The lowest BCUT2D eigenvalue weighted by Gasteiger charge is -2.33. The van der Waals surface area contributed by atoms with Gasteiger partial charge in [0.1, 0.15) is 5.75 Å². The molecule has 1 aliphatic rings. The molecular weight excluding hydrogens is 306 g/mol. The zero-order chi connectivity index (χ0) is 13.8. The second kappa shape index (κ2) is 6.42. The van der Waals surface area contributed by atoms with Crippen molar-refractivity contribution >= 4 is 21.8 Å². The standard InChI is InChI=1S/C15H20BrNO2/c1-11(16)12-6-8-17(9-7-12)15(18)13-4-3-5-14(10-13)19-2/h3-5,10-12H,6-9H2,1-2H3. The van der Waals surface area contributed by atoms with Gasteiger partial charge < -0.3 is 9.64 Å². The molecule has 0 saturated carbocycles. The number of benzene rings is 1. The van der Waals surface area contributed by atoms with Crippen LogP contribution in [0.3, 0.4) is 0 Å². The third-order valence-corrected chi connectivity index (χ3v) is 4.54.